The van der Waals surface area contributed by atoms with Crippen LogP contribution < -0.4 is 0 Å². The van der Waals surface area contributed by atoms with E-state index in [-0.39, 0.29) is 0 Å². The van der Waals surface area contributed by atoms with Gasteiger partial charge < -0.3 is 8.98 Å². The molecule has 0 saturated carbocycles. The number of hydrogen-bond donors (Lipinski definition) is 0. The van der Waals surface area contributed by atoms with Crippen LogP contribution in [-0.2, 0) is 0 Å². The Labute approximate surface area is 253 Å². The lowest BCUT2D eigenvalue weighted by Crippen LogP contribution is -2.00. The van der Waals surface area contributed by atoms with Crippen molar-refractivity contribution in [2.24, 2.45) is 0 Å². The van der Waals surface area contributed by atoms with Gasteiger partial charge in [0.1, 0.15) is 11.2 Å². The van der Waals surface area contributed by atoms with E-state index in [9.17, 15) is 0 Å². The fourth-order valence-electron chi connectivity index (χ4n) is 6.39. The molecule has 4 nitrogen and oxygen atoms in total. The number of para-hydroxylation sites is 3. The Morgan fingerprint density at radius 3 is 1.93 bits per heavy atom. The monoisotopic (exact) mass is 563 g/mol. The number of nitrogens with zero attached hydrogens (tertiary/aromatic N) is 3. The van der Waals surface area contributed by atoms with Crippen LogP contribution in [0.5, 0.6) is 0 Å². The van der Waals surface area contributed by atoms with Crippen LogP contribution in [0.1, 0.15) is 0 Å². The van der Waals surface area contributed by atoms with E-state index < -0.39 is 0 Å². The molecule has 0 aliphatic heterocycles. The third kappa shape index (κ3) is 3.85. The Bertz CT molecular complexity index is 2430. The van der Waals surface area contributed by atoms with Crippen molar-refractivity contribution in [3.63, 3.8) is 0 Å². The highest BCUT2D eigenvalue weighted by molar-refractivity contribution is 6.17. The summed E-state index contributed by atoms with van der Waals surface area (Å²) in [5.41, 5.74) is 9.85. The highest BCUT2D eigenvalue weighted by Crippen LogP contribution is 2.40. The topological polar surface area (TPSA) is 43.9 Å². The summed E-state index contributed by atoms with van der Waals surface area (Å²) in [7, 11) is 0. The zero-order chi connectivity index (χ0) is 29.0. The second-order valence-electron chi connectivity index (χ2n) is 11.0. The summed E-state index contributed by atoms with van der Waals surface area (Å²) < 4.78 is 8.70. The van der Waals surface area contributed by atoms with Crippen molar-refractivity contribution >= 4 is 43.7 Å². The molecule has 0 radical (unpaired) electrons. The largest absolute Gasteiger partial charge is 0.456 e. The molecular weight excluding hydrogens is 538 g/mol. The minimum Gasteiger partial charge on any atom is -0.456 e. The summed E-state index contributed by atoms with van der Waals surface area (Å²) >= 11 is 0. The molecule has 4 heteroatoms. The first-order valence-corrected chi connectivity index (χ1v) is 14.8. The molecule has 3 heterocycles. The summed E-state index contributed by atoms with van der Waals surface area (Å²) in [6, 6.07) is 52.4. The van der Waals surface area contributed by atoms with Crippen LogP contribution in [0.3, 0.4) is 0 Å². The fraction of sp³-hybridized carbons (Fsp3) is 0. The van der Waals surface area contributed by atoms with Crippen molar-refractivity contribution in [3.05, 3.63) is 152 Å². The Morgan fingerprint density at radius 2 is 1.09 bits per heavy atom. The number of benzene rings is 6. The van der Waals surface area contributed by atoms with Crippen LogP contribution in [0.2, 0.25) is 0 Å². The van der Waals surface area contributed by atoms with Gasteiger partial charge in [0.05, 0.1) is 28.1 Å². The van der Waals surface area contributed by atoms with E-state index >= 15 is 0 Å². The molecule has 0 saturated heterocycles. The van der Waals surface area contributed by atoms with E-state index in [4.69, 9.17) is 14.4 Å². The molecule has 0 amide bonds. The second kappa shape index (κ2) is 9.79. The van der Waals surface area contributed by atoms with Gasteiger partial charge in [-0.05, 0) is 30.3 Å². The Morgan fingerprint density at radius 1 is 0.432 bits per heavy atom. The highest BCUT2D eigenvalue weighted by atomic mass is 16.3. The predicted octanol–water partition coefficient (Wildman–Crippen LogP) is 10.5. The molecule has 9 aromatic rings. The minimum atomic E-state index is 0.697. The first-order valence-electron chi connectivity index (χ1n) is 14.8. The lowest BCUT2D eigenvalue weighted by molar-refractivity contribution is 0.669. The van der Waals surface area contributed by atoms with Crippen LogP contribution >= 0.6 is 0 Å². The first-order chi connectivity index (χ1) is 21.8. The quantitative estimate of drug-likeness (QED) is 0.214. The third-order valence-electron chi connectivity index (χ3n) is 8.42. The molecule has 206 valence electrons. The van der Waals surface area contributed by atoms with E-state index in [1.165, 1.54) is 10.8 Å². The SMILES string of the molecule is c1ccc(-c2cc(-c3ccccc3-n3c4ccccc4c4cc5c(cc43)oc3ccccc35)nc(-c3ccccc3)n2)cc1. The van der Waals surface area contributed by atoms with Gasteiger partial charge in [-0.2, -0.15) is 0 Å². The lowest BCUT2D eigenvalue weighted by Gasteiger charge is -2.15. The zero-order valence-corrected chi connectivity index (χ0v) is 23.7. The molecule has 0 N–H and O–H groups in total. The molecule has 0 aliphatic carbocycles. The number of aromatic nitrogens is 3. The van der Waals surface area contributed by atoms with Gasteiger partial charge in [-0.15, -0.1) is 0 Å². The van der Waals surface area contributed by atoms with E-state index in [1.807, 2.05) is 48.5 Å². The van der Waals surface area contributed by atoms with Gasteiger partial charge in [0, 0.05) is 44.3 Å². The number of furan rings is 1. The van der Waals surface area contributed by atoms with E-state index in [1.54, 1.807) is 0 Å². The lowest BCUT2D eigenvalue weighted by atomic mass is 10.0. The maximum atomic E-state index is 6.36. The highest BCUT2D eigenvalue weighted by Gasteiger charge is 2.19. The average Bonchev–Trinajstić information content (AvgIpc) is 3.62. The van der Waals surface area contributed by atoms with E-state index in [0.717, 1.165) is 66.7 Å². The molecule has 0 bridgehead atoms. The Kier molecular flexibility index (Phi) is 5.47. The van der Waals surface area contributed by atoms with Gasteiger partial charge in [-0.25, -0.2) is 9.97 Å². The van der Waals surface area contributed by atoms with Gasteiger partial charge >= 0.3 is 0 Å². The van der Waals surface area contributed by atoms with Gasteiger partial charge in [0.25, 0.3) is 0 Å². The third-order valence-corrected chi connectivity index (χ3v) is 8.42. The first kappa shape index (κ1) is 24.6. The van der Waals surface area contributed by atoms with Gasteiger partial charge in [-0.3, -0.25) is 0 Å². The molecule has 3 aromatic heterocycles. The van der Waals surface area contributed by atoms with Crippen molar-refractivity contribution in [2.75, 3.05) is 0 Å². The Hall–Kier alpha value is -6.00. The van der Waals surface area contributed by atoms with Crippen LogP contribution in [0.15, 0.2) is 156 Å². The van der Waals surface area contributed by atoms with Gasteiger partial charge in [0.15, 0.2) is 5.82 Å². The van der Waals surface area contributed by atoms with Crippen molar-refractivity contribution in [1.82, 2.24) is 14.5 Å². The maximum Gasteiger partial charge on any atom is 0.160 e. The molecule has 0 unspecified atom stereocenters. The molecule has 6 aromatic carbocycles. The Balaban J connectivity index is 1.34. The molecule has 0 aliphatic rings. The summed E-state index contributed by atoms with van der Waals surface area (Å²) in [5, 5.41) is 4.64. The van der Waals surface area contributed by atoms with Crippen LogP contribution in [0, 0.1) is 0 Å². The predicted molar refractivity (Wildman–Crippen MR) is 180 cm³/mol. The normalized spacial score (nSPS) is 11.6. The molecular formula is C40H25N3O. The number of fused-ring (bicyclic) bond motifs is 6. The molecule has 0 spiro atoms. The molecule has 0 atom stereocenters. The minimum absolute atomic E-state index is 0.697. The average molecular weight is 564 g/mol. The summed E-state index contributed by atoms with van der Waals surface area (Å²) in [6.07, 6.45) is 0. The smallest absolute Gasteiger partial charge is 0.160 e. The summed E-state index contributed by atoms with van der Waals surface area (Å²) in [5.74, 6) is 0.697. The van der Waals surface area contributed by atoms with Crippen molar-refractivity contribution in [2.45, 2.75) is 0 Å². The molecule has 44 heavy (non-hydrogen) atoms. The van der Waals surface area contributed by atoms with Crippen molar-refractivity contribution in [1.29, 1.82) is 0 Å². The van der Waals surface area contributed by atoms with Crippen LogP contribution in [0.25, 0.3) is 83.3 Å². The zero-order valence-electron chi connectivity index (χ0n) is 23.7. The summed E-state index contributed by atoms with van der Waals surface area (Å²) in [6.45, 7) is 0. The van der Waals surface area contributed by atoms with Crippen molar-refractivity contribution in [3.8, 4) is 39.6 Å². The number of rotatable bonds is 4. The van der Waals surface area contributed by atoms with Gasteiger partial charge in [0.2, 0.25) is 0 Å². The fourth-order valence-corrected chi connectivity index (χ4v) is 6.39. The molecule has 0 fully saturated rings. The van der Waals surface area contributed by atoms with Crippen LogP contribution in [0.4, 0.5) is 0 Å². The standard InChI is InChI=1S/C40H25N3O/c1-3-13-26(14-4-1)33-24-34(42-40(41-33)27-15-5-2-6-16-27)30-19-8-11-21-36(30)43-35-20-10-7-17-28(35)31-23-32-29-18-9-12-22-38(29)44-39(32)25-37(31)43/h1-25H. The molecule has 9 rings (SSSR count). The number of hydrogen-bond acceptors (Lipinski definition) is 3. The summed E-state index contributed by atoms with van der Waals surface area (Å²) in [4.78, 5) is 10.2. The van der Waals surface area contributed by atoms with E-state index in [0.29, 0.717) is 5.82 Å². The second-order valence-corrected chi connectivity index (χ2v) is 11.0. The van der Waals surface area contributed by atoms with E-state index in [2.05, 4.69) is 108 Å². The maximum absolute atomic E-state index is 6.36. The van der Waals surface area contributed by atoms with Crippen molar-refractivity contribution < 1.29 is 4.42 Å². The van der Waals surface area contributed by atoms with Crippen LogP contribution in [-0.4, -0.2) is 14.5 Å². The van der Waals surface area contributed by atoms with Gasteiger partial charge in [-0.1, -0.05) is 115 Å².